The van der Waals surface area contributed by atoms with Crippen LogP contribution in [-0.2, 0) is 6.18 Å². The third-order valence-electron chi connectivity index (χ3n) is 2.75. The van der Waals surface area contributed by atoms with Crippen LogP contribution in [0.25, 0.3) is 0 Å². The summed E-state index contributed by atoms with van der Waals surface area (Å²) in [6, 6.07) is 2.55. The van der Waals surface area contributed by atoms with E-state index in [0.717, 1.165) is 6.07 Å². The molecule has 19 heavy (non-hydrogen) atoms. The number of halogens is 4. The molecule has 0 aliphatic carbocycles. The van der Waals surface area contributed by atoms with Gasteiger partial charge in [-0.3, -0.25) is 0 Å². The van der Waals surface area contributed by atoms with Gasteiger partial charge >= 0.3 is 6.18 Å². The number of anilines is 1. The van der Waals surface area contributed by atoms with Gasteiger partial charge in [0.05, 0.1) is 18.8 Å². The average Bonchev–Trinajstić information content (AvgIpc) is 2.36. The van der Waals surface area contributed by atoms with Crippen molar-refractivity contribution in [2.45, 2.75) is 13.1 Å². The first-order valence-corrected chi connectivity index (χ1v) is 5.54. The fourth-order valence-electron chi connectivity index (χ4n) is 1.33. The Labute approximate surface area is 107 Å². The quantitative estimate of drug-likeness (QED) is 0.726. The summed E-state index contributed by atoms with van der Waals surface area (Å²) in [4.78, 5) is 0. The molecular formula is C12H15F4NO2. The number of aliphatic hydroxyl groups is 2. The minimum atomic E-state index is -4.76. The minimum absolute atomic E-state index is 0.0585. The van der Waals surface area contributed by atoms with Crippen LogP contribution in [0.4, 0.5) is 23.2 Å². The zero-order chi connectivity index (χ0) is 14.7. The Morgan fingerprint density at radius 1 is 1.16 bits per heavy atom. The summed E-state index contributed by atoms with van der Waals surface area (Å²) in [7, 11) is 0. The second-order valence-corrected chi connectivity index (χ2v) is 4.67. The molecular weight excluding hydrogens is 266 g/mol. The summed E-state index contributed by atoms with van der Waals surface area (Å²) in [5.74, 6) is -1.34. The van der Waals surface area contributed by atoms with E-state index in [1.165, 1.54) is 6.07 Å². The Bertz CT molecular complexity index is 430. The average molecular weight is 281 g/mol. The van der Waals surface area contributed by atoms with E-state index >= 15 is 0 Å². The Hall–Kier alpha value is -1.34. The molecule has 3 nitrogen and oxygen atoms in total. The standard InChI is InChI=1S/C12H15F4NO2/c1-11(6-18,7-19)5-17-8-2-3-10(13)9(4-8)12(14,15)16/h2-4,17-19H,5-7H2,1H3. The molecule has 0 aliphatic heterocycles. The van der Waals surface area contributed by atoms with Crippen molar-refractivity contribution in [3.8, 4) is 0 Å². The van der Waals surface area contributed by atoms with Crippen LogP contribution in [0.1, 0.15) is 12.5 Å². The molecule has 0 aliphatic rings. The van der Waals surface area contributed by atoms with E-state index in [9.17, 15) is 17.6 Å². The summed E-state index contributed by atoms with van der Waals surface area (Å²) in [5.41, 5.74) is -2.15. The van der Waals surface area contributed by atoms with Gasteiger partial charge in [0.25, 0.3) is 0 Å². The summed E-state index contributed by atoms with van der Waals surface area (Å²) < 4.78 is 50.5. The number of hydrogen-bond acceptors (Lipinski definition) is 3. The number of alkyl halides is 3. The predicted octanol–water partition coefficient (Wildman–Crippen LogP) is 2.25. The van der Waals surface area contributed by atoms with Gasteiger partial charge in [0, 0.05) is 17.6 Å². The Morgan fingerprint density at radius 3 is 2.21 bits per heavy atom. The van der Waals surface area contributed by atoms with Crippen molar-refractivity contribution in [2.75, 3.05) is 25.1 Å². The molecule has 0 atom stereocenters. The van der Waals surface area contributed by atoms with Gasteiger partial charge in [-0.2, -0.15) is 13.2 Å². The van der Waals surface area contributed by atoms with Crippen molar-refractivity contribution >= 4 is 5.69 Å². The lowest BCUT2D eigenvalue weighted by Crippen LogP contribution is -2.34. The second kappa shape index (κ2) is 5.75. The lowest BCUT2D eigenvalue weighted by Gasteiger charge is -2.25. The number of nitrogens with one attached hydrogen (secondary N) is 1. The first-order valence-electron chi connectivity index (χ1n) is 5.54. The zero-order valence-electron chi connectivity index (χ0n) is 10.3. The van der Waals surface area contributed by atoms with Crippen LogP contribution >= 0.6 is 0 Å². The molecule has 1 aromatic rings. The summed E-state index contributed by atoms with van der Waals surface area (Å²) >= 11 is 0. The highest BCUT2D eigenvalue weighted by atomic mass is 19.4. The molecule has 0 radical (unpaired) electrons. The highest BCUT2D eigenvalue weighted by Gasteiger charge is 2.34. The van der Waals surface area contributed by atoms with Crippen molar-refractivity contribution in [3.05, 3.63) is 29.6 Å². The molecule has 0 unspecified atom stereocenters. The van der Waals surface area contributed by atoms with Gasteiger partial charge in [-0.1, -0.05) is 6.92 Å². The monoisotopic (exact) mass is 281 g/mol. The van der Waals surface area contributed by atoms with Crippen molar-refractivity contribution in [1.29, 1.82) is 0 Å². The maximum Gasteiger partial charge on any atom is 0.419 e. The molecule has 7 heteroatoms. The van der Waals surface area contributed by atoms with E-state index in [-0.39, 0.29) is 25.4 Å². The van der Waals surface area contributed by atoms with Gasteiger partial charge < -0.3 is 15.5 Å². The molecule has 0 amide bonds. The highest BCUT2D eigenvalue weighted by molar-refractivity contribution is 5.47. The normalized spacial score (nSPS) is 12.6. The van der Waals surface area contributed by atoms with Gasteiger partial charge in [0.15, 0.2) is 0 Å². The van der Waals surface area contributed by atoms with E-state index in [1.54, 1.807) is 6.92 Å². The highest BCUT2D eigenvalue weighted by Crippen LogP contribution is 2.33. The van der Waals surface area contributed by atoms with Crippen LogP contribution in [0.2, 0.25) is 0 Å². The van der Waals surface area contributed by atoms with E-state index in [1.807, 2.05) is 0 Å². The lowest BCUT2D eigenvalue weighted by atomic mass is 9.93. The fraction of sp³-hybridized carbons (Fsp3) is 0.500. The van der Waals surface area contributed by atoms with Crippen molar-refractivity contribution in [1.82, 2.24) is 0 Å². The predicted molar refractivity (Wildman–Crippen MR) is 62.2 cm³/mol. The molecule has 0 aromatic heterocycles. The van der Waals surface area contributed by atoms with Crippen LogP contribution in [0, 0.1) is 11.2 Å². The summed E-state index contributed by atoms with van der Waals surface area (Å²) in [6.07, 6.45) is -4.76. The van der Waals surface area contributed by atoms with E-state index in [4.69, 9.17) is 10.2 Å². The van der Waals surface area contributed by atoms with E-state index in [0.29, 0.717) is 6.07 Å². The maximum atomic E-state index is 13.0. The van der Waals surface area contributed by atoms with E-state index < -0.39 is 23.0 Å². The first kappa shape index (κ1) is 15.7. The zero-order valence-corrected chi connectivity index (χ0v) is 10.3. The van der Waals surface area contributed by atoms with Gasteiger partial charge in [0.2, 0.25) is 0 Å². The molecule has 108 valence electrons. The lowest BCUT2D eigenvalue weighted by molar-refractivity contribution is -0.139. The molecule has 0 fully saturated rings. The minimum Gasteiger partial charge on any atom is -0.396 e. The molecule has 0 saturated carbocycles. The van der Waals surface area contributed by atoms with Crippen LogP contribution in [0.5, 0.6) is 0 Å². The third-order valence-corrected chi connectivity index (χ3v) is 2.75. The topological polar surface area (TPSA) is 52.5 Å². The van der Waals surface area contributed by atoms with Gasteiger partial charge in [-0.05, 0) is 18.2 Å². The van der Waals surface area contributed by atoms with Crippen LogP contribution in [0.3, 0.4) is 0 Å². The SMILES string of the molecule is CC(CO)(CO)CNc1ccc(F)c(C(F)(F)F)c1. The van der Waals surface area contributed by atoms with E-state index in [2.05, 4.69) is 5.32 Å². The third kappa shape index (κ3) is 4.07. The maximum absolute atomic E-state index is 13.0. The van der Waals surface area contributed by atoms with Crippen LogP contribution < -0.4 is 5.32 Å². The molecule has 0 heterocycles. The number of benzene rings is 1. The van der Waals surface area contributed by atoms with Crippen molar-refractivity contribution in [3.63, 3.8) is 0 Å². The molecule has 0 saturated heterocycles. The number of aliphatic hydroxyl groups excluding tert-OH is 2. The molecule has 1 rings (SSSR count). The molecule has 1 aromatic carbocycles. The number of hydrogen-bond donors (Lipinski definition) is 3. The van der Waals surface area contributed by atoms with Crippen LogP contribution in [-0.4, -0.2) is 30.0 Å². The Balaban J connectivity index is 2.87. The molecule has 0 bridgehead atoms. The largest absolute Gasteiger partial charge is 0.419 e. The molecule has 3 N–H and O–H groups in total. The summed E-state index contributed by atoms with van der Waals surface area (Å²) in [5, 5.41) is 20.7. The summed E-state index contributed by atoms with van der Waals surface area (Å²) in [6.45, 7) is 0.963. The Kier molecular flexibility index (Phi) is 4.75. The van der Waals surface area contributed by atoms with Gasteiger partial charge in [-0.15, -0.1) is 0 Å². The Morgan fingerprint density at radius 2 is 1.74 bits per heavy atom. The fourth-order valence-corrected chi connectivity index (χ4v) is 1.33. The first-order chi connectivity index (χ1) is 8.72. The van der Waals surface area contributed by atoms with Gasteiger partial charge in [-0.25, -0.2) is 4.39 Å². The van der Waals surface area contributed by atoms with Crippen LogP contribution in [0.15, 0.2) is 18.2 Å². The number of rotatable bonds is 5. The van der Waals surface area contributed by atoms with Gasteiger partial charge in [0.1, 0.15) is 5.82 Å². The molecule has 0 spiro atoms. The van der Waals surface area contributed by atoms with Crippen molar-refractivity contribution in [2.24, 2.45) is 5.41 Å². The second-order valence-electron chi connectivity index (χ2n) is 4.67. The van der Waals surface area contributed by atoms with Crippen molar-refractivity contribution < 1.29 is 27.8 Å². The smallest absolute Gasteiger partial charge is 0.396 e.